The number of rotatable bonds is 4. The van der Waals surface area contributed by atoms with Crippen molar-refractivity contribution in [2.24, 2.45) is 0 Å². The zero-order chi connectivity index (χ0) is 19.7. The van der Waals surface area contributed by atoms with Gasteiger partial charge in [-0.25, -0.2) is 9.07 Å². The molecule has 1 aromatic carbocycles. The Bertz CT molecular complexity index is 1060. The summed E-state index contributed by atoms with van der Waals surface area (Å²) in [5.41, 5.74) is -0.959. The van der Waals surface area contributed by atoms with Crippen molar-refractivity contribution in [3.63, 3.8) is 0 Å². The molecule has 1 saturated heterocycles. The van der Waals surface area contributed by atoms with Crippen molar-refractivity contribution >= 4 is 5.91 Å². The largest absolute Gasteiger partial charge is 0.337 e. The molecule has 1 aliphatic heterocycles. The van der Waals surface area contributed by atoms with Crippen molar-refractivity contribution in [2.75, 3.05) is 13.1 Å². The topological polar surface area (TPSA) is 94.1 Å². The van der Waals surface area contributed by atoms with E-state index < -0.39 is 5.67 Å². The molecule has 0 aliphatic carbocycles. The van der Waals surface area contributed by atoms with Crippen LogP contribution in [0.4, 0.5) is 4.39 Å². The van der Waals surface area contributed by atoms with Crippen LogP contribution < -0.4 is 5.56 Å². The molecule has 144 valence electrons. The molecule has 0 radical (unpaired) electrons. The van der Waals surface area contributed by atoms with Crippen LogP contribution in [-0.4, -0.2) is 43.8 Å². The number of carbonyl (C=O) groups excluding carboxylic acids is 1. The molecule has 1 unspecified atom stereocenters. The van der Waals surface area contributed by atoms with Gasteiger partial charge in [-0.2, -0.15) is 10.1 Å². The Morgan fingerprint density at radius 3 is 2.82 bits per heavy atom. The Balaban J connectivity index is 1.48. The van der Waals surface area contributed by atoms with E-state index in [4.69, 9.17) is 4.52 Å². The molecule has 2 aromatic heterocycles. The summed E-state index contributed by atoms with van der Waals surface area (Å²) in [5, 5.41) is 7.89. The molecule has 28 heavy (non-hydrogen) atoms. The second kappa shape index (κ2) is 6.99. The number of alkyl halides is 1. The molecule has 8 nitrogen and oxygen atoms in total. The molecular weight excluding hydrogens is 365 g/mol. The third-order valence-electron chi connectivity index (χ3n) is 4.70. The van der Waals surface area contributed by atoms with Gasteiger partial charge in [-0.3, -0.25) is 9.59 Å². The number of amides is 1. The van der Waals surface area contributed by atoms with Gasteiger partial charge in [0, 0.05) is 24.6 Å². The van der Waals surface area contributed by atoms with Crippen LogP contribution in [0, 0.1) is 6.92 Å². The summed E-state index contributed by atoms with van der Waals surface area (Å²) >= 11 is 0. The van der Waals surface area contributed by atoms with Crippen molar-refractivity contribution < 1.29 is 13.7 Å². The van der Waals surface area contributed by atoms with E-state index in [2.05, 4.69) is 15.2 Å². The Hall–Kier alpha value is -3.36. The fourth-order valence-electron chi connectivity index (χ4n) is 3.16. The summed E-state index contributed by atoms with van der Waals surface area (Å²) in [6.45, 7) is 1.47. The molecule has 1 amide bonds. The van der Waals surface area contributed by atoms with Crippen LogP contribution in [-0.2, 0) is 17.0 Å². The molecule has 3 heterocycles. The minimum atomic E-state index is -1.92. The summed E-state index contributed by atoms with van der Waals surface area (Å²) in [4.78, 5) is 29.9. The first-order chi connectivity index (χ1) is 13.4. The number of carbonyl (C=O) groups is 1. The Kier molecular flexibility index (Phi) is 4.50. The monoisotopic (exact) mass is 383 g/mol. The third kappa shape index (κ3) is 3.42. The quantitative estimate of drug-likeness (QED) is 0.681. The molecule has 0 bridgehead atoms. The van der Waals surface area contributed by atoms with Gasteiger partial charge >= 0.3 is 0 Å². The Morgan fingerprint density at radius 2 is 2.04 bits per heavy atom. The zero-order valence-corrected chi connectivity index (χ0v) is 15.2. The van der Waals surface area contributed by atoms with E-state index in [-0.39, 0.29) is 43.4 Å². The zero-order valence-electron chi connectivity index (χ0n) is 15.2. The van der Waals surface area contributed by atoms with Gasteiger partial charge in [0.05, 0.1) is 12.2 Å². The number of likely N-dealkylation sites (tertiary alicyclic amines) is 1. The van der Waals surface area contributed by atoms with Crippen LogP contribution in [0.1, 0.15) is 18.0 Å². The molecular formula is C19H18FN5O3. The molecule has 4 rings (SSSR count). The maximum atomic E-state index is 15.4. The van der Waals surface area contributed by atoms with Crippen molar-refractivity contribution in [3.05, 3.63) is 64.4 Å². The molecule has 3 aromatic rings. The summed E-state index contributed by atoms with van der Waals surface area (Å²) in [7, 11) is 0. The van der Waals surface area contributed by atoms with Gasteiger partial charge in [0.2, 0.25) is 17.4 Å². The molecule has 1 fully saturated rings. The predicted molar refractivity (Wildman–Crippen MR) is 97.0 cm³/mol. The van der Waals surface area contributed by atoms with Crippen LogP contribution in [0.2, 0.25) is 0 Å². The lowest BCUT2D eigenvalue weighted by molar-refractivity contribution is -0.131. The Labute approximate surface area is 159 Å². The van der Waals surface area contributed by atoms with Crippen molar-refractivity contribution in [2.45, 2.75) is 25.6 Å². The first-order valence-electron chi connectivity index (χ1n) is 8.86. The summed E-state index contributed by atoms with van der Waals surface area (Å²) in [5.74, 6) is -0.233. The highest BCUT2D eigenvalue weighted by Gasteiger charge is 2.46. The van der Waals surface area contributed by atoms with Crippen molar-refractivity contribution in [1.82, 2.24) is 24.8 Å². The number of hydrogen-bond donors (Lipinski definition) is 0. The Morgan fingerprint density at radius 1 is 1.25 bits per heavy atom. The maximum Gasteiger partial charge on any atom is 0.267 e. The van der Waals surface area contributed by atoms with Crippen LogP contribution >= 0.6 is 0 Å². The molecule has 0 N–H and O–H groups in total. The number of halogens is 1. The molecule has 0 spiro atoms. The van der Waals surface area contributed by atoms with E-state index in [0.29, 0.717) is 11.5 Å². The highest BCUT2D eigenvalue weighted by atomic mass is 19.1. The smallest absolute Gasteiger partial charge is 0.267 e. The van der Waals surface area contributed by atoms with Gasteiger partial charge in [0.25, 0.3) is 11.4 Å². The van der Waals surface area contributed by atoms with E-state index >= 15 is 4.39 Å². The van der Waals surface area contributed by atoms with Crippen LogP contribution in [0.3, 0.4) is 0 Å². The summed E-state index contributed by atoms with van der Waals surface area (Å²) in [6, 6.07) is 12.0. The van der Waals surface area contributed by atoms with Gasteiger partial charge in [0.15, 0.2) is 0 Å². The summed E-state index contributed by atoms with van der Waals surface area (Å²) in [6.07, 6.45) is 0.0469. The van der Waals surface area contributed by atoms with Crippen molar-refractivity contribution in [1.29, 1.82) is 0 Å². The lowest BCUT2D eigenvalue weighted by Crippen LogP contribution is -2.37. The van der Waals surface area contributed by atoms with E-state index in [0.717, 1.165) is 10.2 Å². The van der Waals surface area contributed by atoms with E-state index in [1.54, 1.807) is 25.1 Å². The molecule has 0 saturated carbocycles. The highest BCUT2D eigenvalue weighted by molar-refractivity contribution is 5.76. The second-order valence-electron chi connectivity index (χ2n) is 6.79. The van der Waals surface area contributed by atoms with Gasteiger partial charge in [-0.05, 0) is 13.0 Å². The second-order valence-corrected chi connectivity index (χ2v) is 6.79. The minimum Gasteiger partial charge on any atom is -0.337 e. The first kappa shape index (κ1) is 18.0. The normalized spacial score (nSPS) is 19.1. The van der Waals surface area contributed by atoms with Gasteiger partial charge in [0.1, 0.15) is 6.54 Å². The lowest BCUT2D eigenvalue weighted by atomic mass is 10.1. The highest BCUT2D eigenvalue weighted by Crippen LogP contribution is 2.36. The average molecular weight is 383 g/mol. The third-order valence-corrected chi connectivity index (χ3v) is 4.70. The van der Waals surface area contributed by atoms with E-state index in [1.807, 2.05) is 18.2 Å². The molecule has 9 heteroatoms. The van der Waals surface area contributed by atoms with Gasteiger partial charge < -0.3 is 9.42 Å². The fourth-order valence-corrected chi connectivity index (χ4v) is 3.16. The van der Waals surface area contributed by atoms with Gasteiger partial charge in [-0.15, -0.1) is 0 Å². The van der Waals surface area contributed by atoms with Crippen LogP contribution in [0.15, 0.2) is 51.8 Å². The number of benzene rings is 1. The summed E-state index contributed by atoms with van der Waals surface area (Å²) < 4.78 is 21.6. The fraction of sp³-hybridized carbons (Fsp3) is 0.316. The van der Waals surface area contributed by atoms with Gasteiger partial charge in [-0.1, -0.05) is 35.5 Å². The molecule has 1 aliphatic rings. The number of hydrogen-bond acceptors (Lipinski definition) is 6. The number of aryl methyl sites for hydroxylation is 1. The lowest BCUT2D eigenvalue weighted by Gasteiger charge is -2.18. The average Bonchev–Trinajstić information content (AvgIpc) is 3.34. The van der Waals surface area contributed by atoms with E-state index in [9.17, 15) is 9.59 Å². The first-order valence-corrected chi connectivity index (χ1v) is 8.86. The maximum absolute atomic E-state index is 15.4. The van der Waals surface area contributed by atoms with Crippen LogP contribution in [0.25, 0.3) is 11.4 Å². The predicted octanol–water partition coefficient (Wildman–Crippen LogP) is 1.70. The minimum absolute atomic E-state index is 0.0469. The van der Waals surface area contributed by atoms with Crippen LogP contribution in [0.5, 0.6) is 0 Å². The molecule has 1 atom stereocenters. The standard InChI is InChI=1S/C19H18FN5O3/c1-13-7-8-15(26)25(22-13)11-16(27)24-10-9-19(20,12-24)18-21-17(23-28-18)14-5-3-2-4-6-14/h2-8H,9-12H2,1H3. The SMILES string of the molecule is Cc1ccc(=O)n(CC(=O)N2CCC(F)(c3nc(-c4ccccc4)no3)C2)n1. The number of nitrogens with zero attached hydrogens (tertiary/aromatic N) is 5. The number of aromatic nitrogens is 4. The van der Waals surface area contributed by atoms with Crippen molar-refractivity contribution in [3.8, 4) is 11.4 Å². The van der Waals surface area contributed by atoms with E-state index in [1.165, 1.54) is 11.0 Å².